The van der Waals surface area contributed by atoms with Crippen LogP contribution in [0.5, 0.6) is 0 Å². The number of hydrogen-bond acceptors (Lipinski definition) is 5. The summed E-state index contributed by atoms with van der Waals surface area (Å²) in [5, 5.41) is 13.3. The number of carbonyl (C=O) groups excluding carboxylic acids is 1. The molecule has 1 rings (SSSR count). The molecule has 0 spiro atoms. The van der Waals surface area contributed by atoms with Crippen molar-refractivity contribution in [2.45, 2.75) is 44.7 Å². The lowest BCUT2D eigenvalue weighted by Crippen LogP contribution is -2.40. The highest BCUT2D eigenvalue weighted by Gasteiger charge is 2.22. The van der Waals surface area contributed by atoms with Gasteiger partial charge in [-0.2, -0.15) is 0 Å². The van der Waals surface area contributed by atoms with Crippen molar-refractivity contribution < 1.29 is 9.90 Å². The van der Waals surface area contributed by atoms with Gasteiger partial charge in [0.05, 0.1) is 16.9 Å². The molecule has 0 aliphatic heterocycles. The van der Waals surface area contributed by atoms with Crippen molar-refractivity contribution in [1.29, 1.82) is 0 Å². The van der Waals surface area contributed by atoms with Gasteiger partial charge in [0.15, 0.2) is 0 Å². The number of nitrogens with one attached hydrogen (secondary N) is 1. The maximum atomic E-state index is 12.2. The molecular weight excluding hydrogens is 262 g/mol. The van der Waals surface area contributed by atoms with Gasteiger partial charge in [0.2, 0.25) is 0 Å². The minimum atomic E-state index is -0.894. The average molecular weight is 283 g/mol. The van der Waals surface area contributed by atoms with Crippen molar-refractivity contribution in [1.82, 2.24) is 15.3 Å². The topological polar surface area (TPSA) is 75.1 Å². The first-order chi connectivity index (χ1) is 8.80. The van der Waals surface area contributed by atoms with Crippen LogP contribution in [0.4, 0.5) is 0 Å². The quantitative estimate of drug-likeness (QED) is 0.635. The fraction of sp³-hybridized carbons (Fsp3) is 0.615. The van der Waals surface area contributed by atoms with Crippen LogP contribution in [0.3, 0.4) is 0 Å². The molecule has 1 amide bonds. The van der Waals surface area contributed by atoms with Crippen molar-refractivity contribution >= 4 is 17.7 Å². The Labute approximate surface area is 118 Å². The number of amides is 1. The first-order valence-corrected chi connectivity index (χ1v) is 7.43. The minimum Gasteiger partial charge on any atom is -0.388 e. The highest BCUT2D eigenvalue weighted by atomic mass is 32.2. The van der Waals surface area contributed by atoms with E-state index in [1.54, 1.807) is 20.8 Å². The van der Waals surface area contributed by atoms with Crippen LogP contribution in [-0.2, 0) is 0 Å². The zero-order chi connectivity index (χ0) is 14.6. The van der Waals surface area contributed by atoms with E-state index in [9.17, 15) is 9.90 Å². The summed E-state index contributed by atoms with van der Waals surface area (Å²) in [7, 11) is 0. The summed E-state index contributed by atoms with van der Waals surface area (Å²) < 4.78 is 0. The number of carbonyl (C=O) groups is 1. The van der Waals surface area contributed by atoms with Crippen LogP contribution in [0, 0.1) is 13.8 Å². The third kappa shape index (κ3) is 4.18. The normalized spacial score (nSPS) is 14.0. The molecule has 5 nitrogen and oxygen atoms in total. The van der Waals surface area contributed by atoms with E-state index in [1.165, 1.54) is 11.8 Å². The third-order valence-corrected chi connectivity index (χ3v) is 3.66. The molecule has 1 unspecified atom stereocenters. The van der Waals surface area contributed by atoms with Gasteiger partial charge in [-0.15, -0.1) is 11.8 Å². The zero-order valence-corrected chi connectivity index (χ0v) is 12.9. The smallest absolute Gasteiger partial charge is 0.255 e. The van der Waals surface area contributed by atoms with Crippen LogP contribution >= 0.6 is 11.8 Å². The van der Waals surface area contributed by atoms with Gasteiger partial charge < -0.3 is 10.4 Å². The molecule has 1 aromatic rings. The van der Waals surface area contributed by atoms with Gasteiger partial charge in [-0.25, -0.2) is 9.97 Å². The predicted molar refractivity (Wildman–Crippen MR) is 76.5 cm³/mol. The Morgan fingerprint density at radius 3 is 2.58 bits per heavy atom. The van der Waals surface area contributed by atoms with Crippen molar-refractivity contribution in [3.8, 4) is 0 Å². The number of aromatic nitrogens is 2. The molecule has 6 heteroatoms. The second kappa shape index (κ2) is 6.34. The summed E-state index contributed by atoms with van der Waals surface area (Å²) in [4.78, 5) is 20.7. The molecule has 0 fully saturated rings. The van der Waals surface area contributed by atoms with Crippen LogP contribution in [0.1, 0.15) is 42.1 Å². The minimum absolute atomic E-state index is 0.212. The largest absolute Gasteiger partial charge is 0.388 e. The zero-order valence-electron chi connectivity index (χ0n) is 12.1. The molecule has 2 N–H and O–H groups in total. The average Bonchev–Trinajstić information content (AvgIpc) is 2.35. The second-order valence-corrected chi connectivity index (χ2v) is 5.57. The number of aryl methyl sites for hydroxylation is 2. The van der Waals surface area contributed by atoms with E-state index in [4.69, 9.17) is 0 Å². The molecule has 0 aliphatic rings. The number of aliphatic hydroxyl groups is 1. The molecular formula is C13H21N3O2S. The summed E-state index contributed by atoms with van der Waals surface area (Å²) >= 11 is 1.42. The van der Waals surface area contributed by atoms with Gasteiger partial charge >= 0.3 is 0 Å². The van der Waals surface area contributed by atoms with E-state index >= 15 is 0 Å². The highest BCUT2D eigenvalue weighted by molar-refractivity contribution is 7.98. The van der Waals surface area contributed by atoms with E-state index in [1.807, 2.05) is 13.2 Å². The van der Waals surface area contributed by atoms with Gasteiger partial charge in [-0.3, -0.25) is 4.79 Å². The van der Waals surface area contributed by atoms with Crippen LogP contribution in [-0.4, -0.2) is 39.4 Å². The maximum absolute atomic E-state index is 12.2. The molecule has 0 saturated heterocycles. The Hall–Kier alpha value is -1.14. The molecule has 0 bridgehead atoms. The van der Waals surface area contributed by atoms with Gasteiger partial charge in [-0.1, -0.05) is 6.92 Å². The van der Waals surface area contributed by atoms with Gasteiger partial charge in [0, 0.05) is 6.54 Å². The first-order valence-electron chi connectivity index (χ1n) is 6.20. The van der Waals surface area contributed by atoms with E-state index < -0.39 is 5.60 Å². The lowest BCUT2D eigenvalue weighted by atomic mass is 10.0. The Morgan fingerprint density at radius 2 is 2.05 bits per heavy atom. The lowest BCUT2D eigenvalue weighted by molar-refractivity contribution is 0.0517. The number of rotatable bonds is 5. The molecule has 0 aliphatic carbocycles. The van der Waals surface area contributed by atoms with Crippen molar-refractivity contribution in [3.63, 3.8) is 0 Å². The molecule has 0 radical (unpaired) electrons. The summed E-state index contributed by atoms with van der Waals surface area (Å²) in [5.41, 5.74) is 0.254. The summed E-state index contributed by atoms with van der Waals surface area (Å²) in [5.74, 6) is 0.412. The van der Waals surface area contributed by atoms with E-state index in [-0.39, 0.29) is 12.5 Å². The molecule has 0 aromatic carbocycles. The van der Waals surface area contributed by atoms with Gasteiger partial charge in [0.25, 0.3) is 5.91 Å². The van der Waals surface area contributed by atoms with Crippen LogP contribution in [0.2, 0.25) is 0 Å². The fourth-order valence-electron chi connectivity index (χ4n) is 1.57. The summed E-state index contributed by atoms with van der Waals surface area (Å²) in [6, 6.07) is 0. The predicted octanol–water partition coefficient (Wildman–Crippen LogP) is 1.71. The Balaban J connectivity index is 2.94. The fourth-order valence-corrected chi connectivity index (χ4v) is 2.24. The van der Waals surface area contributed by atoms with E-state index in [0.29, 0.717) is 28.5 Å². The number of nitrogens with zero attached hydrogens (tertiary/aromatic N) is 2. The van der Waals surface area contributed by atoms with Crippen molar-refractivity contribution in [3.05, 3.63) is 17.1 Å². The Morgan fingerprint density at radius 1 is 1.42 bits per heavy atom. The summed E-state index contributed by atoms with van der Waals surface area (Å²) in [6.07, 6.45) is 2.45. The lowest BCUT2D eigenvalue weighted by Gasteiger charge is -2.22. The SMILES string of the molecule is CCC(C)(O)CNC(=O)c1c(C)nc(C)nc1SC. The number of thioether (sulfide) groups is 1. The standard InChI is InChI=1S/C13H21N3O2S/c1-6-13(4,18)7-14-11(17)10-8(2)15-9(3)16-12(10)19-5/h18H,6-7H2,1-5H3,(H,14,17). The molecule has 1 heterocycles. The van der Waals surface area contributed by atoms with E-state index in [0.717, 1.165) is 0 Å². The molecule has 1 atom stereocenters. The van der Waals surface area contributed by atoms with Gasteiger partial charge in [0.1, 0.15) is 10.9 Å². The van der Waals surface area contributed by atoms with Crippen LogP contribution in [0.25, 0.3) is 0 Å². The maximum Gasteiger partial charge on any atom is 0.255 e. The molecule has 19 heavy (non-hydrogen) atoms. The van der Waals surface area contributed by atoms with E-state index in [2.05, 4.69) is 15.3 Å². The molecule has 106 valence electrons. The van der Waals surface area contributed by atoms with Crippen molar-refractivity contribution in [2.24, 2.45) is 0 Å². The summed E-state index contributed by atoms with van der Waals surface area (Å²) in [6.45, 7) is 7.38. The second-order valence-electron chi connectivity index (χ2n) is 4.77. The Kier molecular flexibility index (Phi) is 5.31. The van der Waals surface area contributed by atoms with Crippen LogP contribution < -0.4 is 5.32 Å². The highest BCUT2D eigenvalue weighted by Crippen LogP contribution is 2.20. The van der Waals surface area contributed by atoms with Crippen molar-refractivity contribution in [2.75, 3.05) is 12.8 Å². The monoisotopic (exact) mass is 283 g/mol. The number of hydrogen-bond donors (Lipinski definition) is 2. The first kappa shape index (κ1) is 15.9. The Bertz CT molecular complexity index is 475. The third-order valence-electron chi connectivity index (χ3n) is 2.98. The van der Waals surface area contributed by atoms with Gasteiger partial charge in [-0.05, 0) is 33.4 Å². The van der Waals surface area contributed by atoms with Crippen LogP contribution in [0.15, 0.2) is 5.03 Å². The molecule has 0 saturated carbocycles. The molecule has 1 aromatic heterocycles.